The number of halogens is 1. The third-order valence-corrected chi connectivity index (χ3v) is 3.67. The Kier molecular flexibility index (Phi) is 3.28. The standard InChI is InChI=1S/C16H13ClN2O/c1-19-16(14(17)10-18-19)15(20)9-12-7-4-6-11-5-2-3-8-13(11)12/h2-8,10H,9H2,1H3. The zero-order chi connectivity index (χ0) is 14.1. The molecule has 0 spiro atoms. The summed E-state index contributed by atoms with van der Waals surface area (Å²) in [5, 5.41) is 6.64. The number of carbonyl (C=O) groups is 1. The molecule has 0 saturated carbocycles. The minimum absolute atomic E-state index is 0.0219. The van der Waals surface area contributed by atoms with Gasteiger partial charge in [-0.2, -0.15) is 5.10 Å². The van der Waals surface area contributed by atoms with Crippen molar-refractivity contribution in [3.63, 3.8) is 0 Å². The number of carbonyl (C=O) groups excluding carboxylic acids is 1. The Balaban J connectivity index is 2.00. The van der Waals surface area contributed by atoms with Gasteiger partial charge in [-0.15, -0.1) is 0 Å². The Bertz CT molecular complexity index is 767. The number of ketones is 1. The lowest BCUT2D eigenvalue weighted by Crippen LogP contribution is -2.10. The maximum atomic E-state index is 12.4. The topological polar surface area (TPSA) is 34.9 Å². The zero-order valence-corrected chi connectivity index (χ0v) is 11.8. The van der Waals surface area contributed by atoms with E-state index < -0.39 is 0 Å². The van der Waals surface area contributed by atoms with Crippen LogP contribution in [0.2, 0.25) is 5.02 Å². The van der Waals surface area contributed by atoms with E-state index in [4.69, 9.17) is 11.6 Å². The molecular weight excluding hydrogens is 272 g/mol. The lowest BCUT2D eigenvalue weighted by atomic mass is 9.99. The van der Waals surface area contributed by atoms with Crippen LogP contribution in [0, 0.1) is 0 Å². The SMILES string of the molecule is Cn1ncc(Cl)c1C(=O)Cc1cccc2ccccc12. The summed E-state index contributed by atoms with van der Waals surface area (Å²) in [6, 6.07) is 14.0. The molecule has 3 nitrogen and oxygen atoms in total. The summed E-state index contributed by atoms with van der Waals surface area (Å²) in [7, 11) is 1.72. The molecule has 2 aromatic carbocycles. The molecule has 0 atom stereocenters. The summed E-state index contributed by atoms with van der Waals surface area (Å²) < 4.78 is 1.52. The normalized spacial score (nSPS) is 10.9. The quantitative estimate of drug-likeness (QED) is 0.688. The van der Waals surface area contributed by atoms with Crippen molar-refractivity contribution in [2.24, 2.45) is 7.05 Å². The minimum Gasteiger partial charge on any atom is -0.292 e. The summed E-state index contributed by atoms with van der Waals surface area (Å²) >= 11 is 6.02. The first kappa shape index (κ1) is 12.9. The van der Waals surface area contributed by atoms with Crippen LogP contribution in [-0.2, 0) is 13.5 Å². The van der Waals surface area contributed by atoms with Gasteiger partial charge in [-0.05, 0) is 16.3 Å². The average Bonchev–Trinajstić information content (AvgIpc) is 2.78. The average molecular weight is 285 g/mol. The van der Waals surface area contributed by atoms with Crippen LogP contribution in [0.4, 0.5) is 0 Å². The number of nitrogens with zero attached hydrogens (tertiary/aromatic N) is 2. The number of aromatic nitrogens is 2. The van der Waals surface area contributed by atoms with E-state index in [2.05, 4.69) is 5.10 Å². The fraction of sp³-hybridized carbons (Fsp3) is 0.125. The Morgan fingerprint density at radius 1 is 1.20 bits per heavy atom. The van der Waals surface area contributed by atoms with E-state index in [0.717, 1.165) is 16.3 Å². The molecule has 4 heteroatoms. The van der Waals surface area contributed by atoms with Crippen LogP contribution in [0.3, 0.4) is 0 Å². The summed E-state index contributed by atoms with van der Waals surface area (Å²) in [4.78, 5) is 12.4. The number of hydrogen-bond acceptors (Lipinski definition) is 2. The van der Waals surface area contributed by atoms with Gasteiger partial charge in [-0.3, -0.25) is 9.48 Å². The molecule has 0 bridgehead atoms. The van der Waals surface area contributed by atoms with Gasteiger partial charge in [-0.25, -0.2) is 0 Å². The zero-order valence-electron chi connectivity index (χ0n) is 11.0. The van der Waals surface area contributed by atoms with Crippen LogP contribution in [0.5, 0.6) is 0 Å². The Morgan fingerprint density at radius 3 is 2.70 bits per heavy atom. The number of benzene rings is 2. The van der Waals surface area contributed by atoms with Crippen LogP contribution >= 0.6 is 11.6 Å². The molecule has 0 aliphatic rings. The molecule has 100 valence electrons. The van der Waals surface area contributed by atoms with Crippen molar-refractivity contribution in [2.75, 3.05) is 0 Å². The fourth-order valence-corrected chi connectivity index (χ4v) is 2.70. The van der Waals surface area contributed by atoms with Gasteiger partial charge in [0.05, 0.1) is 11.2 Å². The fourth-order valence-electron chi connectivity index (χ4n) is 2.43. The summed E-state index contributed by atoms with van der Waals surface area (Å²) in [6.45, 7) is 0. The predicted molar refractivity (Wildman–Crippen MR) is 80.2 cm³/mol. The number of Topliss-reactive ketones (excluding diaryl/α,β-unsaturated/α-hetero) is 1. The van der Waals surface area contributed by atoms with Crippen LogP contribution in [0.1, 0.15) is 16.1 Å². The molecule has 0 unspecified atom stereocenters. The van der Waals surface area contributed by atoms with Crippen molar-refractivity contribution in [2.45, 2.75) is 6.42 Å². The highest BCUT2D eigenvalue weighted by atomic mass is 35.5. The maximum Gasteiger partial charge on any atom is 0.186 e. The molecule has 1 aromatic heterocycles. The third kappa shape index (κ3) is 2.21. The summed E-state index contributed by atoms with van der Waals surface area (Å²) in [6.07, 6.45) is 1.82. The van der Waals surface area contributed by atoms with E-state index in [1.54, 1.807) is 7.05 Å². The molecular formula is C16H13ClN2O. The Morgan fingerprint density at radius 2 is 1.95 bits per heavy atom. The molecule has 3 aromatic rings. The monoisotopic (exact) mass is 284 g/mol. The molecule has 3 rings (SSSR count). The maximum absolute atomic E-state index is 12.4. The van der Waals surface area contributed by atoms with E-state index >= 15 is 0 Å². The van der Waals surface area contributed by atoms with Crippen molar-refractivity contribution >= 4 is 28.2 Å². The molecule has 0 aliphatic heterocycles. The lowest BCUT2D eigenvalue weighted by Gasteiger charge is -2.06. The number of fused-ring (bicyclic) bond motifs is 1. The summed E-state index contributed by atoms with van der Waals surface area (Å²) in [5.74, 6) is -0.0219. The minimum atomic E-state index is -0.0219. The third-order valence-electron chi connectivity index (χ3n) is 3.39. The second kappa shape index (κ2) is 5.10. The van der Waals surface area contributed by atoms with Gasteiger partial charge in [0.2, 0.25) is 0 Å². The van der Waals surface area contributed by atoms with Gasteiger partial charge in [0.25, 0.3) is 0 Å². The van der Waals surface area contributed by atoms with E-state index in [-0.39, 0.29) is 5.78 Å². The molecule has 0 aliphatic carbocycles. The van der Waals surface area contributed by atoms with Crippen molar-refractivity contribution in [1.29, 1.82) is 0 Å². The second-order valence-electron chi connectivity index (χ2n) is 4.70. The molecule has 0 radical (unpaired) electrons. The predicted octanol–water partition coefficient (Wildman–Crippen LogP) is 3.65. The van der Waals surface area contributed by atoms with Crippen molar-refractivity contribution in [3.8, 4) is 0 Å². The van der Waals surface area contributed by atoms with Crippen molar-refractivity contribution in [3.05, 3.63) is 64.9 Å². The van der Waals surface area contributed by atoms with E-state index in [0.29, 0.717) is 17.1 Å². The molecule has 0 fully saturated rings. The number of aryl methyl sites for hydroxylation is 1. The Hall–Kier alpha value is -2.13. The first-order chi connectivity index (χ1) is 9.66. The highest BCUT2D eigenvalue weighted by molar-refractivity contribution is 6.33. The first-order valence-corrected chi connectivity index (χ1v) is 6.72. The van der Waals surface area contributed by atoms with Gasteiger partial charge >= 0.3 is 0 Å². The van der Waals surface area contributed by atoms with E-state index in [1.165, 1.54) is 10.9 Å². The molecule has 1 heterocycles. The van der Waals surface area contributed by atoms with Gasteiger partial charge in [0.1, 0.15) is 5.69 Å². The molecule has 0 amide bonds. The second-order valence-corrected chi connectivity index (χ2v) is 5.11. The largest absolute Gasteiger partial charge is 0.292 e. The van der Waals surface area contributed by atoms with Gasteiger partial charge in [-0.1, -0.05) is 54.1 Å². The van der Waals surface area contributed by atoms with Gasteiger partial charge in [0, 0.05) is 13.5 Å². The van der Waals surface area contributed by atoms with Gasteiger partial charge in [0.15, 0.2) is 5.78 Å². The van der Waals surface area contributed by atoms with E-state index in [9.17, 15) is 4.79 Å². The van der Waals surface area contributed by atoms with Crippen molar-refractivity contribution in [1.82, 2.24) is 9.78 Å². The highest BCUT2D eigenvalue weighted by Crippen LogP contribution is 2.22. The first-order valence-electron chi connectivity index (χ1n) is 6.34. The lowest BCUT2D eigenvalue weighted by molar-refractivity contribution is 0.0984. The Labute approximate surface area is 121 Å². The smallest absolute Gasteiger partial charge is 0.186 e. The number of rotatable bonds is 3. The van der Waals surface area contributed by atoms with Crippen LogP contribution in [0.25, 0.3) is 10.8 Å². The number of hydrogen-bond donors (Lipinski definition) is 0. The van der Waals surface area contributed by atoms with E-state index in [1.807, 2.05) is 42.5 Å². The molecule has 20 heavy (non-hydrogen) atoms. The van der Waals surface area contributed by atoms with Crippen LogP contribution in [-0.4, -0.2) is 15.6 Å². The highest BCUT2D eigenvalue weighted by Gasteiger charge is 2.16. The van der Waals surface area contributed by atoms with Gasteiger partial charge < -0.3 is 0 Å². The van der Waals surface area contributed by atoms with Crippen LogP contribution < -0.4 is 0 Å². The van der Waals surface area contributed by atoms with Crippen molar-refractivity contribution < 1.29 is 4.79 Å². The molecule has 0 saturated heterocycles. The molecule has 0 N–H and O–H groups in total. The summed E-state index contributed by atoms with van der Waals surface area (Å²) in [5.41, 5.74) is 1.46. The van der Waals surface area contributed by atoms with Crippen LogP contribution in [0.15, 0.2) is 48.7 Å².